The molecule has 7 nitrogen and oxygen atoms in total. The van der Waals surface area contributed by atoms with Gasteiger partial charge in [0.2, 0.25) is 16.0 Å². The molecule has 0 atom stereocenters. The van der Waals surface area contributed by atoms with Crippen LogP contribution in [-0.2, 0) is 11.0 Å². The quantitative estimate of drug-likeness (QED) is 0.484. The van der Waals surface area contributed by atoms with Crippen LogP contribution in [0.1, 0.15) is 35.1 Å². The number of ketones is 1. The van der Waals surface area contributed by atoms with Crippen molar-refractivity contribution in [3.05, 3.63) is 34.8 Å². The molecule has 1 aliphatic rings. The van der Waals surface area contributed by atoms with E-state index in [0.717, 1.165) is 0 Å². The van der Waals surface area contributed by atoms with E-state index < -0.39 is 11.2 Å². The molecule has 2 aromatic rings. The minimum atomic E-state index is -4.49. The van der Waals surface area contributed by atoms with Crippen molar-refractivity contribution in [2.75, 3.05) is 37.7 Å². The van der Waals surface area contributed by atoms with Crippen molar-refractivity contribution in [3.8, 4) is 5.75 Å². The number of ether oxygens (including phenoxy) is 1. The first kappa shape index (κ1) is 22.0. The normalized spacial score (nSPS) is 14.7. The molecule has 11 heteroatoms. The summed E-state index contributed by atoms with van der Waals surface area (Å²) in [5.74, 6) is 0.605. The number of hydrogen-bond acceptors (Lipinski definition) is 7. The zero-order valence-corrected chi connectivity index (χ0v) is 17.1. The Kier molecular flexibility index (Phi) is 6.91. The largest absolute Gasteiger partial charge is 0.494 e. The van der Waals surface area contributed by atoms with Crippen LogP contribution in [-0.4, -0.2) is 59.6 Å². The molecule has 0 saturated carbocycles. The summed E-state index contributed by atoms with van der Waals surface area (Å²) in [5.41, 5.74) is 0.611. The summed E-state index contributed by atoms with van der Waals surface area (Å²) in [5, 5.41) is 6.07. The lowest BCUT2D eigenvalue weighted by molar-refractivity contribution is -0.138. The summed E-state index contributed by atoms with van der Waals surface area (Å²) < 4.78 is 43.6. The average molecular weight is 442 g/mol. The van der Waals surface area contributed by atoms with Crippen LogP contribution in [0.15, 0.2) is 24.3 Å². The van der Waals surface area contributed by atoms with Crippen molar-refractivity contribution in [1.82, 2.24) is 15.1 Å². The van der Waals surface area contributed by atoms with Gasteiger partial charge in [-0.05, 0) is 37.6 Å². The third-order valence-electron chi connectivity index (χ3n) is 4.62. The number of piperazine rings is 1. The van der Waals surface area contributed by atoms with Crippen molar-refractivity contribution in [2.24, 2.45) is 0 Å². The first-order chi connectivity index (χ1) is 14.2. The number of Topliss-reactive ketones (excluding diaryl/α,β-unsaturated/α-hetero) is 1. The number of amides is 1. The molecule has 3 rings (SSSR count). The molecular weight excluding hydrogens is 421 g/mol. The standard InChI is InChI=1S/C19H21F3N4O3S/c1-13(27)14-4-6-15(7-5-14)29-12-2-3-16(28)25-8-10-26(11-9-25)18-24-23-17(30-18)19(20,21)22/h4-7H,2-3,8-12H2,1H3. The summed E-state index contributed by atoms with van der Waals surface area (Å²) in [6.45, 7) is 3.54. The van der Waals surface area contributed by atoms with Gasteiger partial charge in [-0.15, -0.1) is 10.2 Å². The number of carbonyl (C=O) groups excluding carboxylic acids is 2. The molecule has 0 N–H and O–H groups in total. The van der Waals surface area contributed by atoms with Crippen molar-refractivity contribution >= 4 is 28.2 Å². The maximum atomic E-state index is 12.7. The van der Waals surface area contributed by atoms with E-state index in [-0.39, 0.29) is 16.8 Å². The number of anilines is 1. The Bertz CT molecular complexity index is 878. The van der Waals surface area contributed by atoms with Crippen LogP contribution in [0.3, 0.4) is 0 Å². The number of nitrogens with zero attached hydrogens (tertiary/aromatic N) is 4. The predicted octanol–water partition coefficient (Wildman–Crippen LogP) is 3.27. The van der Waals surface area contributed by atoms with Crippen LogP contribution in [0.2, 0.25) is 0 Å². The minimum Gasteiger partial charge on any atom is -0.494 e. The minimum absolute atomic E-state index is 0.0147. The smallest absolute Gasteiger partial charge is 0.445 e. The third-order valence-corrected chi connectivity index (χ3v) is 5.65. The van der Waals surface area contributed by atoms with Crippen molar-refractivity contribution in [1.29, 1.82) is 0 Å². The maximum Gasteiger partial charge on any atom is 0.445 e. The first-order valence-corrected chi connectivity index (χ1v) is 10.2. The van der Waals surface area contributed by atoms with Gasteiger partial charge >= 0.3 is 6.18 Å². The SMILES string of the molecule is CC(=O)c1ccc(OCCCC(=O)N2CCN(c3nnc(C(F)(F)F)s3)CC2)cc1. The number of rotatable bonds is 7. The predicted molar refractivity (Wildman–Crippen MR) is 105 cm³/mol. The Morgan fingerprint density at radius 1 is 1.10 bits per heavy atom. The molecule has 1 fully saturated rings. The molecule has 0 spiro atoms. The van der Waals surface area contributed by atoms with E-state index in [1.165, 1.54) is 6.92 Å². The first-order valence-electron chi connectivity index (χ1n) is 9.41. The second-order valence-electron chi connectivity index (χ2n) is 6.79. The van der Waals surface area contributed by atoms with Crippen LogP contribution in [0.5, 0.6) is 5.75 Å². The van der Waals surface area contributed by atoms with Gasteiger partial charge in [0, 0.05) is 38.2 Å². The number of aromatic nitrogens is 2. The second kappa shape index (κ2) is 9.41. The van der Waals surface area contributed by atoms with E-state index in [1.54, 1.807) is 34.1 Å². The van der Waals surface area contributed by atoms with Crippen molar-refractivity contribution in [3.63, 3.8) is 0 Å². The van der Waals surface area contributed by atoms with Gasteiger partial charge in [0.05, 0.1) is 6.61 Å². The molecule has 1 saturated heterocycles. The lowest BCUT2D eigenvalue weighted by Crippen LogP contribution is -2.48. The highest BCUT2D eigenvalue weighted by atomic mass is 32.1. The highest BCUT2D eigenvalue weighted by Gasteiger charge is 2.36. The molecule has 162 valence electrons. The van der Waals surface area contributed by atoms with E-state index in [2.05, 4.69) is 10.2 Å². The monoisotopic (exact) mass is 442 g/mol. The Morgan fingerprint density at radius 2 is 1.77 bits per heavy atom. The average Bonchev–Trinajstić information content (AvgIpc) is 3.22. The summed E-state index contributed by atoms with van der Waals surface area (Å²) in [6.07, 6.45) is -3.63. The van der Waals surface area contributed by atoms with Gasteiger partial charge in [0.25, 0.3) is 0 Å². The molecule has 1 aliphatic heterocycles. The van der Waals surface area contributed by atoms with E-state index in [0.29, 0.717) is 68.3 Å². The van der Waals surface area contributed by atoms with Crippen molar-refractivity contribution in [2.45, 2.75) is 25.9 Å². The molecule has 0 aliphatic carbocycles. The van der Waals surface area contributed by atoms with Crippen LogP contribution >= 0.6 is 11.3 Å². The Morgan fingerprint density at radius 3 is 2.33 bits per heavy atom. The number of halogens is 3. The summed E-state index contributed by atoms with van der Waals surface area (Å²) >= 11 is 0.513. The topological polar surface area (TPSA) is 75.6 Å². The van der Waals surface area contributed by atoms with Gasteiger partial charge in [-0.2, -0.15) is 13.2 Å². The zero-order valence-electron chi connectivity index (χ0n) is 16.3. The molecule has 1 amide bonds. The van der Waals surface area contributed by atoms with Gasteiger partial charge in [0.15, 0.2) is 5.78 Å². The number of benzene rings is 1. The number of carbonyl (C=O) groups is 2. The van der Waals surface area contributed by atoms with E-state index in [4.69, 9.17) is 4.74 Å². The van der Waals surface area contributed by atoms with Gasteiger partial charge in [0.1, 0.15) is 5.75 Å². The fourth-order valence-corrected chi connectivity index (χ4v) is 3.73. The van der Waals surface area contributed by atoms with Crippen LogP contribution in [0.25, 0.3) is 0 Å². The highest BCUT2D eigenvalue weighted by Crippen LogP contribution is 2.34. The molecule has 30 heavy (non-hydrogen) atoms. The molecule has 0 unspecified atom stereocenters. The molecule has 1 aromatic heterocycles. The second-order valence-corrected chi connectivity index (χ2v) is 7.74. The molecule has 2 heterocycles. The lowest BCUT2D eigenvalue weighted by Gasteiger charge is -2.34. The highest BCUT2D eigenvalue weighted by molar-refractivity contribution is 7.15. The lowest BCUT2D eigenvalue weighted by atomic mass is 10.1. The van der Waals surface area contributed by atoms with E-state index in [9.17, 15) is 22.8 Å². The number of alkyl halides is 3. The van der Waals surface area contributed by atoms with Crippen molar-refractivity contribution < 1.29 is 27.5 Å². The Balaban J connectivity index is 1.38. The zero-order chi connectivity index (χ0) is 21.7. The number of hydrogen-bond donors (Lipinski definition) is 0. The summed E-state index contributed by atoms with van der Waals surface area (Å²) in [7, 11) is 0. The Hall–Kier alpha value is -2.69. The van der Waals surface area contributed by atoms with Crippen LogP contribution in [0.4, 0.5) is 18.3 Å². The van der Waals surface area contributed by atoms with E-state index in [1.807, 2.05) is 0 Å². The molecule has 0 bridgehead atoms. The van der Waals surface area contributed by atoms with Crippen LogP contribution in [0, 0.1) is 0 Å². The third kappa shape index (κ3) is 5.68. The Labute approximate surface area is 175 Å². The molecule has 1 aromatic carbocycles. The molecule has 0 radical (unpaired) electrons. The summed E-state index contributed by atoms with van der Waals surface area (Å²) in [4.78, 5) is 27.0. The molecular formula is C19H21F3N4O3S. The van der Waals surface area contributed by atoms with Gasteiger partial charge in [-0.1, -0.05) is 11.3 Å². The van der Waals surface area contributed by atoms with Gasteiger partial charge < -0.3 is 14.5 Å². The van der Waals surface area contributed by atoms with Gasteiger partial charge in [-0.25, -0.2) is 0 Å². The van der Waals surface area contributed by atoms with Gasteiger partial charge in [-0.3, -0.25) is 9.59 Å². The fraction of sp³-hybridized carbons (Fsp3) is 0.474. The van der Waals surface area contributed by atoms with E-state index >= 15 is 0 Å². The maximum absolute atomic E-state index is 12.7. The fourth-order valence-electron chi connectivity index (χ4n) is 2.96. The summed E-state index contributed by atoms with van der Waals surface area (Å²) in [6, 6.07) is 6.82. The van der Waals surface area contributed by atoms with Crippen LogP contribution < -0.4 is 9.64 Å².